The number of carbonyl (C=O) groups is 1. The molecule has 14 heavy (non-hydrogen) atoms. The molecule has 2 rings (SSSR count). The van der Waals surface area contributed by atoms with Crippen molar-refractivity contribution in [2.24, 2.45) is 0 Å². The number of nitrogens with zero attached hydrogens (tertiary/aromatic N) is 3. The van der Waals surface area contributed by atoms with Crippen LogP contribution in [0.4, 0.5) is 0 Å². The van der Waals surface area contributed by atoms with Crippen molar-refractivity contribution in [2.45, 2.75) is 12.7 Å². The van der Waals surface area contributed by atoms with Gasteiger partial charge in [-0.2, -0.15) is 11.1 Å². The highest BCUT2D eigenvalue weighted by atomic mass is 16.4. The zero-order chi connectivity index (χ0) is 9.97. The zero-order valence-electron chi connectivity index (χ0n) is 7.06. The molecule has 0 aromatic carbocycles. The molecule has 1 fully saturated rings. The molecule has 0 aliphatic carbocycles. The van der Waals surface area contributed by atoms with Gasteiger partial charge in [0.15, 0.2) is 5.69 Å². The highest BCUT2D eigenvalue weighted by molar-refractivity contribution is 5.84. The number of hydrogen-bond donors (Lipinski definition) is 5. The van der Waals surface area contributed by atoms with E-state index in [1.54, 1.807) is 0 Å². The molecular formula is C5H9N7O2. The molecule has 0 atom stereocenters. The van der Waals surface area contributed by atoms with E-state index in [0.717, 1.165) is 0 Å². The third kappa shape index (κ3) is 1.85. The first kappa shape index (κ1) is 9.02. The predicted molar refractivity (Wildman–Crippen MR) is 43.3 cm³/mol. The van der Waals surface area contributed by atoms with Gasteiger partial charge in [-0.05, 0) is 0 Å². The van der Waals surface area contributed by atoms with Crippen molar-refractivity contribution >= 4 is 5.97 Å². The van der Waals surface area contributed by atoms with Gasteiger partial charge in [-0.3, -0.25) is 0 Å². The van der Waals surface area contributed by atoms with Crippen molar-refractivity contribution in [3.8, 4) is 0 Å². The number of carboxylic acids is 1. The van der Waals surface area contributed by atoms with Crippen LogP contribution in [0, 0.1) is 0 Å². The number of rotatable bonds is 3. The van der Waals surface area contributed by atoms with E-state index in [-0.39, 0.29) is 11.9 Å². The molecule has 9 nitrogen and oxygen atoms in total. The lowest BCUT2D eigenvalue weighted by molar-refractivity contribution is 0.0690. The normalized spacial score (nSPS) is 17.4. The third-order valence-corrected chi connectivity index (χ3v) is 1.68. The molecule has 1 aromatic heterocycles. The molecule has 1 aliphatic heterocycles. The summed E-state index contributed by atoms with van der Waals surface area (Å²) in [5.74, 6) is -1.08. The van der Waals surface area contributed by atoms with Crippen LogP contribution in [-0.4, -0.2) is 32.2 Å². The number of hydrazine groups is 3. The first-order valence-electron chi connectivity index (χ1n) is 3.90. The quantitative estimate of drug-likeness (QED) is 0.360. The lowest BCUT2D eigenvalue weighted by Crippen LogP contribution is -2.38. The topological polar surface area (TPSA) is 116 Å². The summed E-state index contributed by atoms with van der Waals surface area (Å²) in [5, 5.41) is 15.7. The van der Waals surface area contributed by atoms with Crippen molar-refractivity contribution in [3.63, 3.8) is 0 Å². The second-order valence-electron chi connectivity index (χ2n) is 2.72. The largest absolute Gasteiger partial charge is 0.476 e. The molecular weight excluding hydrogens is 190 g/mol. The Hall–Kier alpha value is -1.55. The first-order valence-corrected chi connectivity index (χ1v) is 3.90. The van der Waals surface area contributed by atoms with Crippen molar-refractivity contribution in [1.82, 2.24) is 36.9 Å². The van der Waals surface area contributed by atoms with Gasteiger partial charge in [-0.15, -0.1) is 5.10 Å². The molecule has 2 heterocycles. The third-order valence-electron chi connectivity index (χ3n) is 1.68. The monoisotopic (exact) mass is 199 g/mol. The fourth-order valence-corrected chi connectivity index (χ4v) is 1.05. The Kier molecular flexibility index (Phi) is 2.37. The van der Waals surface area contributed by atoms with Gasteiger partial charge in [0, 0.05) is 0 Å². The average molecular weight is 199 g/mol. The van der Waals surface area contributed by atoms with E-state index in [4.69, 9.17) is 5.11 Å². The molecule has 0 unspecified atom stereocenters. The Labute approximate surface area is 78.4 Å². The molecule has 1 aromatic rings. The fraction of sp³-hybridized carbons (Fsp3) is 0.400. The Morgan fingerprint density at radius 3 is 2.86 bits per heavy atom. The van der Waals surface area contributed by atoms with Gasteiger partial charge in [0.05, 0.1) is 12.7 Å². The summed E-state index contributed by atoms with van der Waals surface area (Å²) < 4.78 is 1.43. The Balaban J connectivity index is 1.98. The summed E-state index contributed by atoms with van der Waals surface area (Å²) in [6.07, 6.45) is 1.29. The van der Waals surface area contributed by atoms with E-state index in [9.17, 15) is 4.79 Å². The minimum absolute atomic E-state index is 0.0658. The first-order chi connectivity index (χ1) is 6.75. The number of aromatic nitrogens is 3. The maximum atomic E-state index is 10.5. The lowest BCUT2D eigenvalue weighted by Gasteiger charge is -2.06. The number of nitrogens with one attached hydrogen (secondary N) is 4. The van der Waals surface area contributed by atoms with Crippen LogP contribution >= 0.6 is 0 Å². The Morgan fingerprint density at radius 2 is 2.29 bits per heavy atom. The number of aromatic carboxylic acids is 1. The van der Waals surface area contributed by atoms with Gasteiger partial charge in [0.25, 0.3) is 0 Å². The molecule has 0 amide bonds. The van der Waals surface area contributed by atoms with Gasteiger partial charge in [-0.25, -0.2) is 20.3 Å². The van der Waals surface area contributed by atoms with Gasteiger partial charge >= 0.3 is 5.97 Å². The zero-order valence-corrected chi connectivity index (χ0v) is 7.06. The summed E-state index contributed by atoms with van der Waals surface area (Å²) in [4.78, 5) is 10.5. The van der Waals surface area contributed by atoms with Crippen molar-refractivity contribution in [1.29, 1.82) is 0 Å². The second-order valence-corrected chi connectivity index (χ2v) is 2.72. The van der Waals surface area contributed by atoms with Crippen molar-refractivity contribution < 1.29 is 9.90 Å². The maximum absolute atomic E-state index is 10.5. The predicted octanol–water partition coefficient (Wildman–Crippen LogP) is -2.58. The fourth-order valence-electron chi connectivity index (χ4n) is 1.05. The summed E-state index contributed by atoms with van der Waals surface area (Å²) in [6.45, 7) is 0.459. The highest BCUT2D eigenvalue weighted by Crippen LogP contribution is 1.94. The van der Waals surface area contributed by atoms with Crippen LogP contribution in [0.5, 0.6) is 0 Å². The number of hydrogen-bond acceptors (Lipinski definition) is 7. The van der Waals surface area contributed by atoms with Crippen LogP contribution < -0.4 is 21.9 Å². The molecule has 9 heteroatoms. The number of carboxylic acid groups (broad SMARTS) is 1. The molecule has 0 radical (unpaired) electrons. The van der Waals surface area contributed by atoms with E-state index >= 15 is 0 Å². The molecule has 76 valence electrons. The van der Waals surface area contributed by atoms with Crippen LogP contribution in [0.25, 0.3) is 0 Å². The Bertz CT molecular complexity index is 331. The molecule has 0 spiro atoms. The van der Waals surface area contributed by atoms with Crippen molar-refractivity contribution in [3.05, 3.63) is 11.9 Å². The van der Waals surface area contributed by atoms with Crippen LogP contribution in [0.1, 0.15) is 10.5 Å². The second kappa shape index (κ2) is 3.67. The maximum Gasteiger partial charge on any atom is 0.358 e. The summed E-state index contributed by atoms with van der Waals surface area (Å²) in [7, 11) is 0. The van der Waals surface area contributed by atoms with Gasteiger partial charge in [-0.1, -0.05) is 5.21 Å². The summed E-state index contributed by atoms with van der Waals surface area (Å²) >= 11 is 0. The minimum Gasteiger partial charge on any atom is -0.476 e. The minimum atomic E-state index is -1.08. The SMILES string of the molecule is O=C(O)c1cn(CC2NNNN2)nn1. The Morgan fingerprint density at radius 1 is 1.57 bits per heavy atom. The van der Waals surface area contributed by atoms with Crippen LogP contribution in [0.2, 0.25) is 0 Å². The van der Waals surface area contributed by atoms with E-state index in [1.807, 2.05) is 0 Å². The van der Waals surface area contributed by atoms with E-state index in [0.29, 0.717) is 6.54 Å². The molecule has 1 aliphatic rings. The smallest absolute Gasteiger partial charge is 0.358 e. The summed E-state index contributed by atoms with van der Waals surface area (Å²) in [6, 6.07) is 0. The van der Waals surface area contributed by atoms with Crippen LogP contribution in [0.15, 0.2) is 6.20 Å². The van der Waals surface area contributed by atoms with Gasteiger partial charge in [0.2, 0.25) is 0 Å². The van der Waals surface area contributed by atoms with E-state index in [2.05, 4.69) is 32.2 Å². The lowest BCUT2D eigenvalue weighted by atomic mass is 10.5. The van der Waals surface area contributed by atoms with Gasteiger partial charge in [0.1, 0.15) is 6.17 Å². The molecule has 0 saturated carbocycles. The highest BCUT2D eigenvalue weighted by Gasteiger charge is 2.15. The van der Waals surface area contributed by atoms with Crippen LogP contribution in [0.3, 0.4) is 0 Å². The summed E-state index contributed by atoms with van der Waals surface area (Å²) in [5.41, 5.74) is 10.9. The molecule has 0 bridgehead atoms. The van der Waals surface area contributed by atoms with Gasteiger partial charge < -0.3 is 5.11 Å². The van der Waals surface area contributed by atoms with Crippen molar-refractivity contribution in [2.75, 3.05) is 0 Å². The molecule has 1 saturated heterocycles. The standard InChI is InChI=1S/C5H9N7O2/c13-5(14)3-1-12(11-6-3)2-4-7-9-10-8-4/h1,4,7-10H,2H2,(H,13,14). The van der Waals surface area contributed by atoms with E-state index in [1.165, 1.54) is 10.9 Å². The van der Waals surface area contributed by atoms with Crippen LogP contribution in [-0.2, 0) is 6.54 Å². The average Bonchev–Trinajstić information content (AvgIpc) is 2.75. The molecule has 5 N–H and O–H groups in total. The van der Waals surface area contributed by atoms with E-state index < -0.39 is 5.97 Å².